The van der Waals surface area contributed by atoms with Gasteiger partial charge in [0.1, 0.15) is 0 Å². The topological polar surface area (TPSA) is 64.5 Å². The fourth-order valence-electron chi connectivity index (χ4n) is 7.65. The lowest BCUT2D eigenvalue weighted by Crippen LogP contribution is -1.94. The smallest absolute Gasteiger partial charge is 0.0974 e. The Morgan fingerprint density at radius 2 is 0.667 bits per heavy atom. The summed E-state index contributed by atoms with van der Waals surface area (Å²) in [7, 11) is 0. The molecule has 0 fully saturated rings. The molecule has 6 aromatic carbocycles. The van der Waals surface area contributed by atoms with Gasteiger partial charge >= 0.3 is 0 Å². The molecule has 0 spiro atoms. The first kappa shape index (κ1) is 30.3. The maximum atomic E-state index is 5.29. The highest BCUT2D eigenvalue weighted by atomic mass is 14.8. The number of pyridine rings is 5. The highest BCUT2D eigenvalue weighted by Crippen LogP contribution is 2.36. The maximum absolute atomic E-state index is 5.29. The van der Waals surface area contributed by atoms with Gasteiger partial charge in [-0.05, 0) is 24.3 Å². The van der Waals surface area contributed by atoms with Crippen molar-refractivity contribution in [1.82, 2.24) is 24.9 Å². The van der Waals surface area contributed by atoms with E-state index < -0.39 is 0 Å². The quantitative estimate of drug-likeness (QED) is 0.136. The van der Waals surface area contributed by atoms with E-state index in [4.69, 9.17) is 24.9 Å². The Morgan fingerprint density at radius 1 is 0.259 bits per heavy atom. The van der Waals surface area contributed by atoms with Crippen LogP contribution >= 0.6 is 0 Å². The number of rotatable bonds is 4. The summed E-state index contributed by atoms with van der Waals surface area (Å²) in [4.78, 5) is 25.9. The summed E-state index contributed by atoms with van der Waals surface area (Å²) in [5.74, 6) is 0. The van der Waals surface area contributed by atoms with Gasteiger partial charge in [-0.25, -0.2) is 24.9 Å². The van der Waals surface area contributed by atoms with E-state index in [0.29, 0.717) is 0 Å². The molecule has 0 radical (unpaired) electrons. The fourth-order valence-corrected chi connectivity index (χ4v) is 7.65. The van der Waals surface area contributed by atoms with Crippen molar-refractivity contribution in [3.8, 4) is 45.0 Å². The minimum absolute atomic E-state index is 0.851. The second-order valence-corrected chi connectivity index (χ2v) is 13.7. The Bertz CT molecular complexity index is 3250. The zero-order chi connectivity index (χ0) is 35.6. The normalized spacial score (nSPS) is 11.7. The summed E-state index contributed by atoms with van der Waals surface area (Å²) in [5.41, 5.74) is 13.2. The van der Waals surface area contributed by atoms with E-state index in [0.717, 1.165) is 110 Å². The van der Waals surface area contributed by atoms with Gasteiger partial charge in [0.2, 0.25) is 0 Å². The van der Waals surface area contributed by atoms with Crippen molar-refractivity contribution in [2.24, 2.45) is 0 Å². The van der Waals surface area contributed by atoms with E-state index in [-0.39, 0.29) is 0 Å². The first-order chi connectivity index (χ1) is 26.7. The lowest BCUT2D eigenvalue weighted by atomic mass is 9.99. The Balaban J connectivity index is 1.01. The molecule has 54 heavy (non-hydrogen) atoms. The zero-order valence-electron chi connectivity index (χ0n) is 29.0. The van der Waals surface area contributed by atoms with E-state index in [9.17, 15) is 0 Å². The van der Waals surface area contributed by atoms with Crippen LogP contribution in [0.5, 0.6) is 0 Å². The second-order valence-electron chi connectivity index (χ2n) is 13.7. The van der Waals surface area contributed by atoms with Gasteiger partial charge in [-0.15, -0.1) is 0 Å². The molecule has 5 nitrogen and oxygen atoms in total. The molecule has 0 aliphatic rings. The third-order valence-electron chi connectivity index (χ3n) is 10.4. The summed E-state index contributed by atoms with van der Waals surface area (Å²) in [6, 6.07) is 60.9. The largest absolute Gasteiger partial charge is 0.245 e. The molecule has 0 N–H and O–H groups in total. The lowest BCUT2D eigenvalue weighted by Gasteiger charge is -2.12. The number of nitrogens with zero attached hydrogens (tertiary/aromatic N) is 5. The van der Waals surface area contributed by atoms with Crippen molar-refractivity contribution in [2.75, 3.05) is 0 Å². The zero-order valence-corrected chi connectivity index (χ0v) is 29.0. The second kappa shape index (κ2) is 12.1. The molecule has 0 aliphatic heterocycles. The van der Waals surface area contributed by atoms with Crippen LogP contribution in [0.2, 0.25) is 0 Å². The van der Waals surface area contributed by atoms with Crippen LogP contribution in [0.15, 0.2) is 176 Å². The summed E-state index contributed by atoms with van der Waals surface area (Å²) in [6.07, 6.45) is 0. The van der Waals surface area contributed by atoms with Crippen LogP contribution in [0.1, 0.15) is 0 Å². The molecule has 11 aromatic rings. The Kier molecular flexibility index (Phi) is 6.79. The van der Waals surface area contributed by atoms with E-state index >= 15 is 0 Å². The van der Waals surface area contributed by atoms with Crippen molar-refractivity contribution in [3.63, 3.8) is 0 Å². The summed E-state index contributed by atoms with van der Waals surface area (Å²) in [6.45, 7) is 0. The van der Waals surface area contributed by atoms with Crippen molar-refractivity contribution in [3.05, 3.63) is 176 Å². The van der Waals surface area contributed by atoms with Crippen LogP contribution in [-0.2, 0) is 0 Å². The van der Waals surface area contributed by atoms with Gasteiger partial charge in [0.25, 0.3) is 0 Å². The summed E-state index contributed by atoms with van der Waals surface area (Å²) < 4.78 is 0. The lowest BCUT2D eigenvalue weighted by molar-refractivity contribution is 1.36. The first-order valence-corrected chi connectivity index (χ1v) is 18.1. The van der Waals surface area contributed by atoms with Gasteiger partial charge in [0, 0.05) is 54.6 Å². The first-order valence-electron chi connectivity index (χ1n) is 18.1. The monoisotopic (exact) mass is 687 g/mol. The van der Waals surface area contributed by atoms with Crippen molar-refractivity contribution >= 4 is 65.4 Å². The summed E-state index contributed by atoms with van der Waals surface area (Å²) in [5, 5.41) is 6.32. The molecule has 5 heteroatoms. The fraction of sp³-hybridized carbons (Fsp3) is 0. The number of fused-ring (bicyclic) bond motifs is 9. The number of hydrogen-bond acceptors (Lipinski definition) is 5. The molecular formula is C49H29N5. The van der Waals surface area contributed by atoms with Gasteiger partial charge in [0.15, 0.2) is 0 Å². The van der Waals surface area contributed by atoms with Crippen LogP contribution in [-0.4, -0.2) is 24.9 Å². The molecule has 0 saturated heterocycles. The van der Waals surface area contributed by atoms with Crippen LogP contribution in [0.4, 0.5) is 0 Å². The highest BCUT2D eigenvalue weighted by molar-refractivity contribution is 6.14. The molecule has 0 bridgehead atoms. The molecule has 11 rings (SSSR count). The van der Waals surface area contributed by atoms with Gasteiger partial charge < -0.3 is 0 Å². The summed E-state index contributed by atoms with van der Waals surface area (Å²) >= 11 is 0. The van der Waals surface area contributed by atoms with Crippen molar-refractivity contribution in [2.45, 2.75) is 0 Å². The van der Waals surface area contributed by atoms with Crippen LogP contribution in [0.25, 0.3) is 110 Å². The average Bonchev–Trinajstić information content (AvgIpc) is 3.25. The third-order valence-corrected chi connectivity index (χ3v) is 10.4. The van der Waals surface area contributed by atoms with Crippen LogP contribution in [0.3, 0.4) is 0 Å². The minimum Gasteiger partial charge on any atom is -0.245 e. The average molecular weight is 688 g/mol. The van der Waals surface area contributed by atoms with Gasteiger partial charge in [0.05, 0.1) is 55.9 Å². The third kappa shape index (κ3) is 4.98. The molecule has 0 amide bonds. The predicted octanol–water partition coefficient (Wildman–Crippen LogP) is 12.2. The van der Waals surface area contributed by atoms with E-state index in [1.54, 1.807) is 0 Å². The number of hydrogen-bond donors (Lipinski definition) is 0. The standard InChI is InChI=1S/C49H29N5/c1-3-9-30(10-4-1)40-26-23-34-19-20-35-25-28-42(52-46(35)45(34)50-40)32-15-17-33(18-16-32)44-38-13-7-8-14-39(38)49-43(53-44)29-37-22-21-36-24-27-41(31-11-5-2-6-12-31)51-47(36)48(37)54-49/h1-29H. The van der Waals surface area contributed by atoms with Gasteiger partial charge in [-0.3, -0.25) is 0 Å². The van der Waals surface area contributed by atoms with E-state index in [1.165, 1.54) is 0 Å². The molecular weight excluding hydrogens is 659 g/mol. The predicted molar refractivity (Wildman–Crippen MR) is 222 cm³/mol. The van der Waals surface area contributed by atoms with Crippen LogP contribution < -0.4 is 0 Å². The van der Waals surface area contributed by atoms with E-state index in [1.807, 2.05) is 36.4 Å². The highest BCUT2D eigenvalue weighted by Gasteiger charge is 2.15. The number of aromatic nitrogens is 5. The maximum Gasteiger partial charge on any atom is 0.0974 e. The Hall–Kier alpha value is -7.37. The molecule has 0 aliphatic carbocycles. The van der Waals surface area contributed by atoms with Crippen molar-refractivity contribution in [1.29, 1.82) is 0 Å². The molecule has 0 unspecified atom stereocenters. The van der Waals surface area contributed by atoms with Gasteiger partial charge in [-0.2, -0.15) is 0 Å². The van der Waals surface area contributed by atoms with Gasteiger partial charge in [-0.1, -0.05) is 152 Å². The molecule has 250 valence electrons. The Morgan fingerprint density at radius 3 is 1.20 bits per heavy atom. The molecule has 0 atom stereocenters. The number of benzene rings is 6. The van der Waals surface area contributed by atoms with E-state index in [2.05, 4.69) is 140 Å². The molecule has 0 saturated carbocycles. The molecule has 5 aromatic heterocycles. The minimum atomic E-state index is 0.851. The van der Waals surface area contributed by atoms with Crippen LogP contribution in [0, 0.1) is 0 Å². The molecule has 5 heterocycles. The Labute approximate surface area is 310 Å². The van der Waals surface area contributed by atoms with Crippen molar-refractivity contribution < 1.29 is 0 Å². The SMILES string of the molecule is c1ccc(-c2ccc3ccc4ccc(-c5ccc(-c6nc7cc8ccc9ccc(-c%10ccccc%10)nc9c8nc7c7ccccc67)cc5)nc4c3n2)cc1.